The van der Waals surface area contributed by atoms with Crippen molar-refractivity contribution in [3.05, 3.63) is 23.3 Å². The fraction of sp³-hybridized carbons (Fsp3) is 0.571. The van der Waals surface area contributed by atoms with Crippen LogP contribution in [-0.2, 0) is 10.0 Å². The van der Waals surface area contributed by atoms with Crippen molar-refractivity contribution >= 4 is 15.7 Å². The molecule has 0 amide bonds. The van der Waals surface area contributed by atoms with Crippen molar-refractivity contribution in [1.29, 1.82) is 0 Å². The molecule has 0 spiro atoms. The van der Waals surface area contributed by atoms with Gasteiger partial charge in [0, 0.05) is 19.3 Å². The van der Waals surface area contributed by atoms with Crippen LogP contribution >= 0.6 is 0 Å². The second-order valence-electron chi connectivity index (χ2n) is 5.27. The van der Waals surface area contributed by atoms with E-state index in [0.717, 1.165) is 23.2 Å². The summed E-state index contributed by atoms with van der Waals surface area (Å²) in [6.45, 7) is 8.28. The van der Waals surface area contributed by atoms with Crippen LogP contribution in [0.5, 0.6) is 0 Å². The molecule has 2 N–H and O–H groups in total. The first-order chi connectivity index (χ1) is 8.77. The molecule has 0 aromatic heterocycles. The molecule has 1 aromatic carbocycles. The van der Waals surface area contributed by atoms with Gasteiger partial charge in [-0.25, -0.2) is 13.1 Å². The van der Waals surface area contributed by atoms with Gasteiger partial charge in [-0.15, -0.1) is 0 Å². The van der Waals surface area contributed by atoms with Crippen molar-refractivity contribution < 1.29 is 8.42 Å². The minimum absolute atomic E-state index is 0.398. The van der Waals surface area contributed by atoms with Crippen LogP contribution in [0.2, 0.25) is 0 Å². The second-order valence-corrected chi connectivity index (χ2v) is 6.97. The lowest BCUT2D eigenvalue weighted by molar-refractivity contribution is 0.551. The molecule has 0 aliphatic rings. The summed E-state index contributed by atoms with van der Waals surface area (Å²) in [5.41, 5.74) is 2.46. The topological polar surface area (TPSA) is 58.2 Å². The predicted molar refractivity (Wildman–Crippen MR) is 80.1 cm³/mol. The Morgan fingerprint density at radius 3 is 2.11 bits per heavy atom. The van der Waals surface area contributed by atoms with Gasteiger partial charge in [0.15, 0.2) is 0 Å². The Labute approximate surface area is 116 Å². The van der Waals surface area contributed by atoms with Gasteiger partial charge in [-0.2, -0.15) is 0 Å². The van der Waals surface area contributed by atoms with Crippen LogP contribution < -0.4 is 10.0 Å². The normalized spacial score (nSPS) is 11.9. The Bertz CT molecular complexity index is 513. The minimum Gasteiger partial charge on any atom is -0.388 e. The number of hydrogen-bond donors (Lipinski definition) is 2. The van der Waals surface area contributed by atoms with Crippen LogP contribution in [0.4, 0.5) is 5.69 Å². The maximum absolute atomic E-state index is 12.3. The van der Waals surface area contributed by atoms with E-state index in [2.05, 4.69) is 23.9 Å². The van der Waals surface area contributed by atoms with Crippen molar-refractivity contribution in [2.24, 2.45) is 5.92 Å². The first-order valence-electron chi connectivity index (χ1n) is 6.56. The monoisotopic (exact) mass is 284 g/mol. The number of aryl methyl sites for hydroxylation is 2. The van der Waals surface area contributed by atoms with Crippen LogP contribution in [0.1, 0.15) is 31.4 Å². The van der Waals surface area contributed by atoms with Crippen molar-refractivity contribution in [1.82, 2.24) is 4.72 Å². The first-order valence-corrected chi connectivity index (χ1v) is 8.05. The molecule has 1 aromatic rings. The third-order valence-corrected chi connectivity index (χ3v) is 4.80. The minimum atomic E-state index is -3.42. The van der Waals surface area contributed by atoms with E-state index < -0.39 is 10.0 Å². The summed E-state index contributed by atoms with van der Waals surface area (Å²) in [7, 11) is -1.60. The average Bonchev–Trinajstić information content (AvgIpc) is 2.26. The Morgan fingerprint density at radius 2 is 1.68 bits per heavy atom. The van der Waals surface area contributed by atoms with Gasteiger partial charge in [-0.1, -0.05) is 13.8 Å². The van der Waals surface area contributed by atoms with Gasteiger partial charge in [-0.05, 0) is 49.4 Å². The molecule has 0 unspecified atom stereocenters. The zero-order chi connectivity index (χ0) is 14.6. The molecule has 5 heteroatoms. The van der Waals surface area contributed by atoms with E-state index in [1.807, 2.05) is 33.0 Å². The van der Waals surface area contributed by atoms with E-state index in [4.69, 9.17) is 0 Å². The maximum Gasteiger partial charge on any atom is 0.241 e. The lowest BCUT2D eigenvalue weighted by Gasteiger charge is -2.14. The highest BCUT2D eigenvalue weighted by atomic mass is 32.2. The zero-order valence-corrected chi connectivity index (χ0v) is 13.2. The SMILES string of the molecule is CNc1cc(C)c(S(=O)(=O)NCCC(C)C)c(C)c1. The molecule has 19 heavy (non-hydrogen) atoms. The predicted octanol–water partition coefficient (Wildman–Crippen LogP) is 2.67. The highest BCUT2D eigenvalue weighted by Gasteiger charge is 2.19. The van der Waals surface area contributed by atoms with Crippen molar-refractivity contribution in [3.63, 3.8) is 0 Å². The summed E-state index contributed by atoms with van der Waals surface area (Å²) in [5.74, 6) is 0.483. The van der Waals surface area contributed by atoms with Gasteiger partial charge >= 0.3 is 0 Å². The van der Waals surface area contributed by atoms with Crippen LogP contribution in [0.15, 0.2) is 17.0 Å². The molecule has 0 radical (unpaired) electrons. The summed E-state index contributed by atoms with van der Waals surface area (Å²) in [6, 6.07) is 3.70. The van der Waals surface area contributed by atoms with Gasteiger partial charge in [0.2, 0.25) is 10.0 Å². The van der Waals surface area contributed by atoms with Crippen molar-refractivity contribution in [3.8, 4) is 0 Å². The maximum atomic E-state index is 12.3. The molecule has 0 bridgehead atoms. The quantitative estimate of drug-likeness (QED) is 0.844. The number of benzene rings is 1. The third kappa shape index (κ3) is 4.21. The first kappa shape index (κ1) is 16.0. The largest absolute Gasteiger partial charge is 0.388 e. The van der Waals surface area contributed by atoms with E-state index in [0.29, 0.717) is 17.4 Å². The highest BCUT2D eigenvalue weighted by Crippen LogP contribution is 2.24. The lowest BCUT2D eigenvalue weighted by Crippen LogP contribution is -2.27. The fourth-order valence-corrected chi connectivity index (χ4v) is 3.57. The molecule has 0 fully saturated rings. The Hall–Kier alpha value is -1.07. The molecule has 4 nitrogen and oxygen atoms in total. The van der Waals surface area contributed by atoms with Crippen LogP contribution in [0.3, 0.4) is 0 Å². The van der Waals surface area contributed by atoms with Gasteiger partial charge in [-0.3, -0.25) is 0 Å². The molecule has 0 aliphatic carbocycles. The van der Waals surface area contributed by atoms with Gasteiger partial charge in [0.1, 0.15) is 0 Å². The van der Waals surface area contributed by atoms with Crippen LogP contribution in [0, 0.1) is 19.8 Å². The Morgan fingerprint density at radius 1 is 1.16 bits per heavy atom. The van der Waals surface area contributed by atoms with Gasteiger partial charge in [0.25, 0.3) is 0 Å². The van der Waals surface area contributed by atoms with Crippen molar-refractivity contribution in [2.75, 3.05) is 18.9 Å². The smallest absolute Gasteiger partial charge is 0.241 e. The second kappa shape index (κ2) is 6.39. The van der Waals surface area contributed by atoms with E-state index in [9.17, 15) is 8.42 Å². The van der Waals surface area contributed by atoms with Crippen molar-refractivity contribution in [2.45, 2.75) is 39.0 Å². The van der Waals surface area contributed by atoms with Gasteiger partial charge < -0.3 is 5.32 Å². The Balaban J connectivity index is 3.01. The van der Waals surface area contributed by atoms with E-state index in [-0.39, 0.29) is 0 Å². The van der Waals surface area contributed by atoms with Crippen LogP contribution in [-0.4, -0.2) is 22.0 Å². The number of nitrogens with one attached hydrogen (secondary N) is 2. The summed E-state index contributed by atoms with van der Waals surface area (Å²) in [4.78, 5) is 0.398. The number of rotatable bonds is 6. The number of hydrogen-bond acceptors (Lipinski definition) is 3. The third-order valence-electron chi connectivity index (χ3n) is 3.03. The molecule has 0 heterocycles. The summed E-state index contributed by atoms with van der Waals surface area (Å²) < 4.78 is 27.3. The molecule has 0 saturated heterocycles. The summed E-state index contributed by atoms with van der Waals surface area (Å²) >= 11 is 0. The molecule has 0 aliphatic heterocycles. The van der Waals surface area contributed by atoms with Gasteiger partial charge in [0.05, 0.1) is 4.90 Å². The fourth-order valence-electron chi connectivity index (χ4n) is 2.07. The molecule has 0 atom stereocenters. The van der Waals surface area contributed by atoms with E-state index >= 15 is 0 Å². The molecular formula is C14H24N2O2S. The van der Waals surface area contributed by atoms with E-state index in [1.165, 1.54) is 0 Å². The standard InChI is InChI=1S/C14H24N2O2S/c1-10(2)6-7-16-19(17,18)14-11(3)8-13(15-5)9-12(14)4/h8-10,15-16H,6-7H2,1-5H3. The average molecular weight is 284 g/mol. The summed E-state index contributed by atoms with van der Waals surface area (Å²) in [6.07, 6.45) is 0.839. The molecular weight excluding hydrogens is 260 g/mol. The summed E-state index contributed by atoms with van der Waals surface area (Å²) in [5, 5.41) is 3.03. The molecule has 0 saturated carbocycles. The van der Waals surface area contributed by atoms with E-state index in [1.54, 1.807) is 0 Å². The number of sulfonamides is 1. The molecule has 108 valence electrons. The zero-order valence-electron chi connectivity index (χ0n) is 12.4. The highest BCUT2D eigenvalue weighted by molar-refractivity contribution is 7.89. The Kier molecular flexibility index (Phi) is 5.38. The lowest BCUT2D eigenvalue weighted by atomic mass is 10.1. The number of anilines is 1. The van der Waals surface area contributed by atoms with Crippen LogP contribution in [0.25, 0.3) is 0 Å². The molecule has 1 rings (SSSR count).